The van der Waals surface area contributed by atoms with Crippen molar-refractivity contribution in [2.75, 3.05) is 30.8 Å². The molecule has 2 heterocycles. The fraction of sp³-hybridized carbons (Fsp3) is 0.474. The fourth-order valence-corrected chi connectivity index (χ4v) is 3.94. The Morgan fingerprint density at radius 3 is 2.35 bits per heavy atom. The third kappa shape index (κ3) is 4.09. The largest absolute Gasteiger partial charge is 0.497 e. The Bertz CT molecular complexity index is 735. The molecule has 2 aliphatic rings. The number of benzene rings is 1. The molecule has 0 atom stereocenters. The van der Waals surface area contributed by atoms with E-state index in [9.17, 15) is 4.79 Å². The number of hydrogen-bond donors (Lipinski definition) is 2. The van der Waals surface area contributed by atoms with Crippen LogP contribution in [0.2, 0.25) is 0 Å². The Morgan fingerprint density at radius 1 is 1.23 bits per heavy atom. The number of nitrogens with two attached hydrogens (primary N) is 1. The second-order valence-corrected chi connectivity index (χ2v) is 7.74. The third-order valence-corrected chi connectivity index (χ3v) is 5.87. The van der Waals surface area contributed by atoms with Gasteiger partial charge in [0.1, 0.15) is 10.8 Å². The van der Waals surface area contributed by atoms with E-state index in [0.717, 1.165) is 24.2 Å². The molecule has 0 bridgehead atoms. The maximum absolute atomic E-state index is 11.0. The minimum Gasteiger partial charge on any atom is -0.497 e. The monoisotopic (exact) mass is 375 g/mol. The maximum atomic E-state index is 11.0. The Labute approximate surface area is 157 Å². The van der Waals surface area contributed by atoms with Gasteiger partial charge >= 0.3 is 5.97 Å². The molecule has 1 aliphatic heterocycles. The van der Waals surface area contributed by atoms with Crippen molar-refractivity contribution in [3.63, 3.8) is 0 Å². The van der Waals surface area contributed by atoms with Crippen molar-refractivity contribution in [1.82, 2.24) is 4.98 Å². The van der Waals surface area contributed by atoms with Gasteiger partial charge in [0, 0.05) is 13.1 Å². The second kappa shape index (κ2) is 7.95. The molecule has 1 saturated heterocycles. The standard InChI is InChI=1S/C11H12O3.C8H13N3S/c1-14-9-4-2-8(3-5-9)11(6-7-11)10(12)13;9-8-10-6-7(12-8)11-4-2-1-3-5-11/h2-5H,6-7H2,1H3,(H,12,13);6H,1-5H2,(H2,9,10). The van der Waals surface area contributed by atoms with E-state index in [2.05, 4.69) is 9.88 Å². The van der Waals surface area contributed by atoms with Gasteiger partial charge in [0.15, 0.2) is 5.13 Å². The van der Waals surface area contributed by atoms with Crippen LogP contribution in [0.15, 0.2) is 30.5 Å². The average molecular weight is 375 g/mol. The highest BCUT2D eigenvalue weighted by molar-refractivity contribution is 7.19. The number of rotatable bonds is 4. The van der Waals surface area contributed by atoms with E-state index in [-0.39, 0.29) is 0 Å². The van der Waals surface area contributed by atoms with Crippen LogP contribution < -0.4 is 15.4 Å². The third-order valence-electron chi connectivity index (χ3n) is 4.98. The van der Waals surface area contributed by atoms with Crippen molar-refractivity contribution in [1.29, 1.82) is 0 Å². The highest BCUT2D eigenvalue weighted by atomic mass is 32.1. The Hall–Kier alpha value is -2.28. The fourth-order valence-electron chi connectivity index (χ4n) is 3.20. The van der Waals surface area contributed by atoms with Gasteiger partial charge in [0.2, 0.25) is 0 Å². The van der Waals surface area contributed by atoms with Crippen molar-refractivity contribution in [3.8, 4) is 5.75 Å². The van der Waals surface area contributed by atoms with Crippen LogP contribution in [0.1, 0.15) is 37.7 Å². The van der Waals surface area contributed by atoms with Crippen molar-refractivity contribution < 1.29 is 14.6 Å². The summed E-state index contributed by atoms with van der Waals surface area (Å²) in [6.07, 6.45) is 7.34. The summed E-state index contributed by atoms with van der Waals surface area (Å²) in [6, 6.07) is 7.27. The summed E-state index contributed by atoms with van der Waals surface area (Å²) in [7, 11) is 1.60. The van der Waals surface area contributed by atoms with Crippen molar-refractivity contribution in [3.05, 3.63) is 36.0 Å². The van der Waals surface area contributed by atoms with Crippen LogP contribution in [0.3, 0.4) is 0 Å². The number of ether oxygens (including phenoxy) is 1. The molecule has 1 aromatic heterocycles. The first-order valence-corrected chi connectivity index (χ1v) is 9.71. The summed E-state index contributed by atoms with van der Waals surface area (Å²) in [6.45, 7) is 2.34. The highest BCUT2D eigenvalue weighted by Crippen LogP contribution is 2.48. The van der Waals surface area contributed by atoms with E-state index in [0.29, 0.717) is 5.13 Å². The molecular formula is C19H25N3O3S. The van der Waals surface area contributed by atoms with Gasteiger partial charge in [0.05, 0.1) is 18.7 Å². The van der Waals surface area contributed by atoms with E-state index in [1.165, 1.54) is 37.4 Å². The maximum Gasteiger partial charge on any atom is 0.314 e. The summed E-state index contributed by atoms with van der Waals surface area (Å²) in [5, 5.41) is 11.0. The number of hydrogen-bond acceptors (Lipinski definition) is 6. The molecule has 0 amide bonds. The smallest absolute Gasteiger partial charge is 0.314 e. The molecule has 1 aliphatic carbocycles. The van der Waals surface area contributed by atoms with Gasteiger partial charge in [-0.3, -0.25) is 4.79 Å². The molecule has 0 unspecified atom stereocenters. The summed E-state index contributed by atoms with van der Waals surface area (Å²) in [5.41, 5.74) is 5.84. The lowest BCUT2D eigenvalue weighted by atomic mass is 9.96. The van der Waals surface area contributed by atoms with E-state index in [1.807, 2.05) is 18.3 Å². The lowest BCUT2D eigenvalue weighted by Gasteiger charge is -2.26. The topological polar surface area (TPSA) is 88.7 Å². The molecule has 6 nitrogen and oxygen atoms in total. The minimum absolute atomic E-state index is 0.605. The van der Waals surface area contributed by atoms with Crippen LogP contribution in [0.5, 0.6) is 5.75 Å². The molecule has 4 rings (SSSR count). The molecular weight excluding hydrogens is 350 g/mol. The number of aromatic nitrogens is 1. The van der Waals surface area contributed by atoms with Gasteiger partial charge in [-0.05, 0) is 49.8 Å². The first-order chi connectivity index (χ1) is 12.5. The molecule has 2 fully saturated rings. The number of anilines is 2. The van der Waals surface area contributed by atoms with Crippen LogP contribution >= 0.6 is 11.3 Å². The molecule has 1 saturated carbocycles. The first kappa shape index (κ1) is 18.5. The number of thiazole rings is 1. The zero-order chi connectivity index (χ0) is 18.6. The van der Waals surface area contributed by atoms with E-state index >= 15 is 0 Å². The molecule has 2 aromatic rings. The highest BCUT2D eigenvalue weighted by Gasteiger charge is 2.51. The van der Waals surface area contributed by atoms with Crippen molar-refractivity contribution in [2.24, 2.45) is 0 Å². The first-order valence-electron chi connectivity index (χ1n) is 8.89. The Balaban J connectivity index is 0.000000152. The lowest BCUT2D eigenvalue weighted by Crippen LogP contribution is -2.28. The van der Waals surface area contributed by atoms with Gasteiger partial charge in [-0.1, -0.05) is 23.5 Å². The van der Waals surface area contributed by atoms with Gasteiger partial charge in [0.25, 0.3) is 0 Å². The number of aliphatic carboxylic acids is 1. The second-order valence-electron chi connectivity index (χ2n) is 6.70. The number of methoxy groups -OCH3 is 1. The summed E-state index contributed by atoms with van der Waals surface area (Å²) in [5.74, 6) is 0.0394. The molecule has 1 aromatic carbocycles. The van der Waals surface area contributed by atoms with Crippen molar-refractivity contribution >= 4 is 27.4 Å². The number of carboxylic acid groups (broad SMARTS) is 1. The molecule has 0 radical (unpaired) electrons. The Morgan fingerprint density at radius 2 is 1.88 bits per heavy atom. The summed E-state index contributed by atoms with van der Waals surface area (Å²) < 4.78 is 5.02. The molecule has 140 valence electrons. The molecule has 7 heteroatoms. The summed E-state index contributed by atoms with van der Waals surface area (Å²) >= 11 is 1.59. The number of carbonyl (C=O) groups is 1. The van der Waals surface area contributed by atoms with Crippen LogP contribution in [-0.4, -0.2) is 36.3 Å². The Kier molecular flexibility index (Phi) is 5.66. The van der Waals surface area contributed by atoms with E-state index in [1.54, 1.807) is 30.6 Å². The molecule has 26 heavy (non-hydrogen) atoms. The van der Waals surface area contributed by atoms with E-state index in [4.69, 9.17) is 15.6 Å². The number of nitrogens with zero attached hydrogens (tertiary/aromatic N) is 2. The van der Waals surface area contributed by atoms with Crippen LogP contribution in [-0.2, 0) is 10.2 Å². The minimum atomic E-state index is -0.720. The number of carboxylic acids is 1. The van der Waals surface area contributed by atoms with E-state index < -0.39 is 11.4 Å². The molecule has 0 spiro atoms. The van der Waals surface area contributed by atoms with Crippen LogP contribution in [0, 0.1) is 0 Å². The van der Waals surface area contributed by atoms with Gasteiger partial charge < -0.3 is 20.5 Å². The normalized spacial score (nSPS) is 17.8. The lowest BCUT2D eigenvalue weighted by molar-refractivity contribution is -0.140. The summed E-state index contributed by atoms with van der Waals surface area (Å²) in [4.78, 5) is 17.4. The number of piperidine rings is 1. The van der Waals surface area contributed by atoms with Crippen LogP contribution in [0.4, 0.5) is 10.1 Å². The zero-order valence-electron chi connectivity index (χ0n) is 15.0. The average Bonchev–Trinajstić information content (AvgIpc) is 3.39. The van der Waals surface area contributed by atoms with Gasteiger partial charge in [-0.15, -0.1) is 0 Å². The van der Waals surface area contributed by atoms with Crippen LogP contribution in [0.25, 0.3) is 0 Å². The zero-order valence-corrected chi connectivity index (χ0v) is 15.8. The quantitative estimate of drug-likeness (QED) is 0.850. The van der Waals surface area contributed by atoms with Gasteiger partial charge in [-0.25, -0.2) is 4.98 Å². The molecule has 3 N–H and O–H groups in total. The predicted octanol–water partition coefficient (Wildman–Crippen LogP) is 3.53. The predicted molar refractivity (Wildman–Crippen MR) is 104 cm³/mol. The van der Waals surface area contributed by atoms with Crippen molar-refractivity contribution in [2.45, 2.75) is 37.5 Å². The number of nitrogen functional groups attached to an aromatic ring is 1. The SMILES string of the molecule is COc1ccc(C2(C(=O)O)CC2)cc1.Nc1ncc(N2CCCCC2)s1. The van der Waals surface area contributed by atoms with Gasteiger partial charge in [-0.2, -0.15) is 0 Å².